The highest BCUT2D eigenvalue weighted by Crippen LogP contribution is 2.19. The Morgan fingerprint density at radius 3 is 2.27 bits per heavy atom. The lowest BCUT2D eigenvalue weighted by Crippen LogP contribution is -2.44. The predicted octanol–water partition coefficient (Wildman–Crippen LogP) is 3.60. The zero-order valence-electron chi connectivity index (χ0n) is 17.3. The molecule has 1 atom stereocenters. The van der Waals surface area contributed by atoms with E-state index in [-0.39, 0.29) is 11.9 Å². The molecule has 0 aliphatic carbocycles. The maximum Gasteiger partial charge on any atom is 0.293 e. The van der Waals surface area contributed by atoms with Crippen LogP contribution in [0.4, 0.5) is 11.4 Å². The van der Waals surface area contributed by atoms with Crippen molar-refractivity contribution in [3.63, 3.8) is 0 Å². The quantitative estimate of drug-likeness (QED) is 0.641. The van der Waals surface area contributed by atoms with Crippen molar-refractivity contribution in [3.05, 3.63) is 90.3 Å². The van der Waals surface area contributed by atoms with Gasteiger partial charge in [-0.3, -0.25) is 4.79 Å². The van der Waals surface area contributed by atoms with Crippen LogP contribution >= 0.6 is 0 Å². The molecular weight excluding hydrogens is 374 g/mol. The molecule has 1 aliphatic heterocycles. The van der Waals surface area contributed by atoms with E-state index in [9.17, 15) is 4.79 Å². The number of hydrogen-bond acceptors (Lipinski definition) is 3. The number of carbonyl (C=O) groups excluding carboxylic acids is 1. The van der Waals surface area contributed by atoms with Crippen molar-refractivity contribution < 1.29 is 14.1 Å². The van der Waals surface area contributed by atoms with Crippen molar-refractivity contribution in [2.24, 2.45) is 0 Å². The van der Waals surface area contributed by atoms with Gasteiger partial charge in [-0.25, -0.2) is 0 Å². The Bertz CT molecular complexity index is 950. The van der Waals surface area contributed by atoms with E-state index in [0.717, 1.165) is 44.1 Å². The van der Waals surface area contributed by atoms with Gasteiger partial charge in [0.25, 0.3) is 5.91 Å². The second kappa shape index (κ2) is 9.55. The first-order valence-electron chi connectivity index (χ1n) is 10.5. The molecule has 1 aliphatic rings. The normalized spacial score (nSPS) is 14.9. The molecule has 0 bridgehead atoms. The smallest absolute Gasteiger partial charge is 0.293 e. The molecule has 1 amide bonds. The van der Waals surface area contributed by atoms with Gasteiger partial charge in [0.2, 0.25) is 6.04 Å². The molecule has 2 heterocycles. The summed E-state index contributed by atoms with van der Waals surface area (Å²) < 4.78 is 7.34. The molecular formula is C25H28N3O2+. The summed E-state index contributed by atoms with van der Waals surface area (Å²) in [6.07, 6.45) is 4.84. The van der Waals surface area contributed by atoms with Gasteiger partial charge in [0, 0.05) is 43.5 Å². The fraction of sp³-hybridized carbons (Fsp3) is 0.280. The molecule has 154 valence electrons. The number of ether oxygens (including phenoxy) is 1. The second-order valence-electron chi connectivity index (χ2n) is 7.63. The van der Waals surface area contributed by atoms with Gasteiger partial charge in [-0.15, -0.1) is 0 Å². The van der Waals surface area contributed by atoms with E-state index in [1.165, 1.54) is 11.1 Å². The number of nitrogens with zero attached hydrogens (tertiary/aromatic N) is 2. The van der Waals surface area contributed by atoms with Gasteiger partial charge < -0.3 is 15.0 Å². The summed E-state index contributed by atoms with van der Waals surface area (Å²) in [6.45, 7) is 5.24. The van der Waals surface area contributed by atoms with Crippen LogP contribution in [0.25, 0.3) is 0 Å². The lowest BCUT2D eigenvalue weighted by atomic mass is 10.1. The third-order valence-corrected chi connectivity index (χ3v) is 5.51. The highest BCUT2D eigenvalue weighted by atomic mass is 16.5. The topological polar surface area (TPSA) is 45.5 Å². The molecule has 5 heteroatoms. The second-order valence-corrected chi connectivity index (χ2v) is 7.63. The summed E-state index contributed by atoms with van der Waals surface area (Å²) in [5.74, 6) is -0.0325. The van der Waals surface area contributed by atoms with Gasteiger partial charge in [0.15, 0.2) is 12.4 Å². The number of carbonyl (C=O) groups is 1. The number of aromatic nitrogens is 1. The van der Waals surface area contributed by atoms with Crippen LogP contribution in [-0.2, 0) is 16.0 Å². The largest absolute Gasteiger partial charge is 0.378 e. The van der Waals surface area contributed by atoms with Gasteiger partial charge in [-0.1, -0.05) is 30.3 Å². The summed E-state index contributed by atoms with van der Waals surface area (Å²) >= 11 is 0. The molecule has 0 radical (unpaired) electrons. The van der Waals surface area contributed by atoms with Crippen molar-refractivity contribution in [2.45, 2.75) is 19.4 Å². The molecule has 1 saturated heterocycles. The van der Waals surface area contributed by atoms with Gasteiger partial charge in [0.05, 0.1) is 13.2 Å². The van der Waals surface area contributed by atoms with Gasteiger partial charge >= 0.3 is 0 Å². The van der Waals surface area contributed by atoms with Gasteiger partial charge in [0.1, 0.15) is 0 Å². The van der Waals surface area contributed by atoms with Crippen LogP contribution < -0.4 is 14.8 Å². The molecule has 0 unspecified atom stereocenters. The lowest BCUT2D eigenvalue weighted by Gasteiger charge is -2.28. The first-order valence-corrected chi connectivity index (χ1v) is 10.5. The Morgan fingerprint density at radius 2 is 1.60 bits per heavy atom. The summed E-state index contributed by atoms with van der Waals surface area (Å²) in [6, 6.07) is 22.3. The number of amides is 1. The number of benzene rings is 2. The molecule has 1 aromatic heterocycles. The summed E-state index contributed by atoms with van der Waals surface area (Å²) in [4.78, 5) is 15.0. The molecule has 4 rings (SSSR count). The number of hydrogen-bond donors (Lipinski definition) is 1. The van der Waals surface area contributed by atoms with E-state index < -0.39 is 0 Å². The van der Waals surface area contributed by atoms with Gasteiger partial charge in [-0.05, 0) is 41.8 Å². The van der Waals surface area contributed by atoms with Crippen LogP contribution in [0.2, 0.25) is 0 Å². The lowest BCUT2D eigenvalue weighted by molar-refractivity contribution is -0.705. The Labute approximate surface area is 177 Å². The Morgan fingerprint density at radius 1 is 0.967 bits per heavy atom. The minimum absolute atomic E-state index is 0.0325. The number of morpholine rings is 1. The molecule has 1 fully saturated rings. The molecule has 3 aromatic rings. The van der Waals surface area contributed by atoms with E-state index in [2.05, 4.69) is 58.7 Å². The first kappa shape index (κ1) is 20.1. The number of anilines is 2. The van der Waals surface area contributed by atoms with Crippen LogP contribution in [0.5, 0.6) is 0 Å². The molecule has 0 saturated carbocycles. The maximum absolute atomic E-state index is 12.7. The SMILES string of the molecule is C[C@@H](C(=O)Nc1ccc(N2CCOCC2)cc1)[n+]1ccc(Cc2ccccc2)cc1. The molecule has 5 nitrogen and oxygen atoms in total. The minimum Gasteiger partial charge on any atom is -0.378 e. The fourth-order valence-electron chi connectivity index (χ4n) is 3.64. The van der Waals surface area contributed by atoms with Crippen LogP contribution in [0, 0.1) is 0 Å². The van der Waals surface area contributed by atoms with Crippen molar-refractivity contribution in [2.75, 3.05) is 36.5 Å². The number of rotatable bonds is 6. The van der Waals surface area contributed by atoms with Crippen LogP contribution in [0.15, 0.2) is 79.1 Å². The summed E-state index contributed by atoms with van der Waals surface area (Å²) in [7, 11) is 0. The zero-order chi connectivity index (χ0) is 20.8. The highest BCUT2D eigenvalue weighted by Gasteiger charge is 2.22. The molecule has 2 aromatic carbocycles. The predicted molar refractivity (Wildman–Crippen MR) is 119 cm³/mol. The molecule has 0 spiro atoms. The average Bonchev–Trinajstić information content (AvgIpc) is 2.81. The maximum atomic E-state index is 12.7. The first-order chi connectivity index (χ1) is 14.7. The van der Waals surface area contributed by atoms with Gasteiger partial charge in [-0.2, -0.15) is 4.57 Å². The monoisotopic (exact) mass is 402 g/mol. The number of nitrogens with one attached hydrogen (secondary N) is 1. The van der Waals surface area contributed by atoms with Crippen molar-refractivity contribution in [3.8, 4) is 0 Å². The van der Waals surface area contributed by atoms with Crippen molar-refractivity contribution >= 4 is 17.3 Å². The van der Waals surface area contributed by atoms with Crippen LogP contribution in [0.3, 0.4) is 0 Å². The van der Waals surface area contributed by atoms with E-state index in [4.69, 9.17) is 4.74 Å². The Hall–Kier alpha value is -3.18. The van der Waals surface area contributed by atoms with Crippen molar-refractivity contribution in [1.82, 2.24) is 0 Å². The van der Waals surface area contributed by atoms with E-state index in [1.807, 2.05) is 42.1 Å². The fourth-order valence-corrected chi connectivity index (χ4v) is 3.64. The average molecular weight is 403 g/mol. The van der Waals surface area contributed by atoms with E-state index in [0.29, 0.717) is 0 Å². The summed E-state index contributed by atoms with van der Waals surface area (Å²) in [5.41, 5.74) is 4.48. The Kier molecular flexibility index (Phi) is 6.40. The standard InChI is InChI=1S/C25H27N3O2/c1-20(27-13-11-22(12-14-27)19-21-5-3-2-4-6-21)25(29)26-23-7-9-24(10-8-23)28-15-17-30-18-16-28/h2-14,20H,15-19H2,1H3/p+1/t20-/m0/s1. The van der Waals surface area contributed by atoms with Crippen LogP contribution in [-0.4, -0.2) is 32.2 Å². The third kappa shape index (κ3) is 5.05. The third-order valence-electron chi connectivity index (χ3n) is 5.51. The minimum atomic E-state index is -0.297. The van der Waals surface area contributed by atoms with Crippen LogP contribution in [0.1, 0.15) is 24.1 Å². The highest BCUT2D eigenvalue weighted by molar-refractivity contribution is 5.92. The zero-order valence-corrected chi connectivity index (χ0v) is 17.3. The van der Waals surface area contributed by atoms with E-state index >= 15 is 0 Å². The molecule has 1 N–H and O–H groups in total. The Balaban J connectivity index is 1.35. The molecule has 30 heavy (non-hydrogen) atoms. The van der Waals surface area contributed by atoms with E-state index in [1.54, 1.807) is 0 Å². The van der Waals surface area contributed by atoms with Crippen molar-refractivity contribution in [1.29, 1.82) is 0 Å². The number of pyridine rings is 1. The summed E-state index contributed by atoms with van der Waals surface area (Å²) in [5, 5.41) is 3.02.